The summed E-state index contributed by atoms with van der Waals surface area (Å²) in [5.41, 5.74) is 4.98. The van der Waals surface area contributed by atoms with Crippen molar-refractivity contribution in [1.82, 2.24) is 14.9 Å². The van der Waals surface area contributed by atoms with Crippen LogP contribution >= 0.6 is 0 Å². The molecule has 206 valence electrons. The van der Waals surface area contributed by atoms with Gasteiger partial charge in [-0.3, -0.25) is 19.5 Å². The minimum Gasteiger partial charge on any atom is -0.369 e. The van der Waals surface area contributed by atoms with Crippen molar-refractivity contribution in [3.05, 3.63) is 101 Å². The fraction of sp³-hybridized carbons (Fsp3) is 0.258. The number of aromatic amines is 1. The van der Waals surface area contributed by atoms with Gasteiger partial charge < -0.3 is 25.8 Å². The molecule has 0 aliphatic carbocycles. The molecule has 2 aromatic heterocycles. The number of carbonyl (C=O) groups excluding carboxylic acids is 1. The predicted octanol–water partition coefficient (Wildman–Crippen LogP) is 5.35. The van der Waals surface area contributed by atoms with E-state index in [9.17, 15) is 9.59 Å². The molecule has 0 radical (unpaired) electrons. The molecule has 4 N–H and O–H groups in total. The van der Waals surface area contributed by atoms with Gasteiger partial charge in [0.1, 0.15) is 5.56 Å². The topological polar surface area (TPSA) is 105 Å². The van der Waals surface area contributed by atoms with Crippen LogP contribution in [0.4, 0.5) is 34.1 Å². The van der Waals surface area contributed by atoms with Gasteiger partial charge in [0.15, 0.2) is 0 Å². The summed E-state index contributed by atoms with van der Waals surface area (Å²) < 4.78 is 0. The van der Waals surface area contributed by atoms with Crippen molar-refractivity contribution in [2.45, 2.75) is 26.8 Å². The minimum atomic E-state index is -0.494. The maximum Gasteiger partial charge on any atom is 0.263 e. The number of rotatable bonds is 8. The number of aromatic nitrogens is 2. The van der Waals surface area contributed by atoms with Crippen LogP contribution in [0.25, 0.3) is 0 Å². The lowest BCUT2D eigenvalue weighted by Crippen LogP contribution is -2.48. The lowest BCUT2D eigenvalue weighted by Gasteiger charge is -2.38. The number of nitrogens with one attached hydrogen (secondary N) is 4. The molecule has 1 aliphatic heterocycles. The van der Waals surface area contributed by atoms with Crippen LogP contribution < -0.4 is 26.4 Å². The summed E-state index contributed by atoms with van der Waals surface area (Å²) in [4.78, 5) is 37.9. The van der Waals surface area contributed by atoms with Gasteiger partial charge in [-0.05, 0) is 68.8 Å². The highest BCUT2D eigenvalue weighted by molar-refractivity contribution is 6.08. The summed E-state index contributed by atoms with van der Waals surface area (Å²) in [6.45, 7) is 10.4. The van der Waals surface area contributed by atoms with Gasteiger partial charge in [0.2, 0.25) is 0 Å². The first-order chi connectivity index (χ1) is 19.4. The fourth-order valence-electron chi connectivity index (χ4n) is 4.85. The Hall–Kier alpha value is -4.63. The fourth-order valence-corrected chi connectivity index (χ4v) is 4.85. The Morgan fingerprint density at radius 2 is 1.52 bits per heavy atom. The summed E-state index contributed by atoms with van der Waals surface area (Å²) in [5, 5.41) is 9.49. The van der Waals surface area contributed by atoms with Crippen LogP contribution in [0.2, 0.25) is 0 Å². The lowest BCUT2D eigenvalue weighted by molar-refractivity contribution is 0.102. The van der Waals surface area contributed by atoms with E-state index in [4.69, 9.17) is 0 Å². The van der Waals surface area contributed by atoms with Crippen LogP contribution in [0, 0.1) is 6.92 Å². The van der Waals surface area contributed by atoms with Gasteiger partial charge in [0.05, 0.1) is 29.5 Å². The van der Waals surface area contributed by atoms with Crippen molar-refractivity contribution in [2.24, 2.45) is 0 Å². The average molecular weight is 538 g/mol. The molecule has 2 aromatic carbocycles. The molecule has 1 amide bonds. The van der Waals surface area contributed by atoms with E-state index in [-0.39, 0.29) is 5.56 Å². The Balaban J connectivity index is 1.30. The Labute approximate surface area is 234 Å². The maximum atomic E-state index is 13.3. The zero-order valence-corrected chi connectivity index (χ0v) is 23.1. The average Bonchev–Trinajstić information content (AvgIpc) is 2.96. The number of pyridine rings is 2. The number of carbonyl (C=O) groups is 1. The second kappa shape index (κ2) is 12.0. The molecule has 1 fully saturated rings. The van der Waals surface area contributed by atoms with Gasteiger partial charge in [0.25, 0.3) is 11.5 Å². The third kappa shape index (κ3) is 6.16. The first kappa shape index (κ1) is 27.0. The highest BCUT2D eigenvalue weighted by atomic mass is 16.2. The van der Waals surface area contributed by atoms with Crippen LogP contribution in [0.5, 0.6) is 0 Å². The molecule has 3 heterocycles. The van der Waals surface area contributed by atoms with Crippen molar-refractivity contribution in [3.8, 4) is 0 Å². The van der Waals surface area contributed by atoms with Gasteiger partial charge in [-0.2, -0.15) is 0 Å². The summed E-state index contributed by atoms with van der Waals surface area (Å²) >= 11 is 0. The van der Waals surface area contributed by atoms with E-state index in [0.29, 0.717) is 23.1 Å². The summed E-state index contributed by atoms with van der Waals surface area (Å²) in [6.07, 6.45) is 4.94. The second-order valence-corrected chi connectivity index (χ2v) is 10.2. The largest absolute Gasteiger partial charge is 0.369 e. The number of amides is 1. The smallest absolute Gasteiger partial charge is 0.263 e. The quantitative estimate of drug-likeness (QED) is 0.240. The molecule has 9 nitrogen and oxygen atoms in total. The van der Waals surface area contributed by atoms with Crippen LogP contribution in [-0.2, 0) is 0 Å². The SMILES string of the molecule is Cc1c(Nc2ccccc2)cncc1Nc1cc[nH]c(=O)c1C(=O)Nc1ccc(N2CCN(C(C)C)CC2)cc1. The molecule has 4 aromatic rings. The van der Waals surface area contributed by atoms with Crippen molar-refractivity contribution < 1.29 is 4.79 Å². The lowest BCUT2D eigenvalue weighted by atomic mass is 10.1. The van der Waals surface area contributed by atoms with Crippen molar-refractivity contribution >= 4 is 40.0 Å². The number of nitrogens with zero attached hydrogens (tertiary/aromatic N) is 3. The first-order valence-corrected chi connectivity index (χ1v) is 13.5. The number of piperazine rings is 1. The van der Waals surface area contributed by atoms with Crippen LogP contribution in [0.15, 0.2) is 84.0 Å². The van der Waals surface area contributed by atoms with Gasteiger partial charge >= 0.3 is 0 Å². The van der Waals surface area contributed by atoms with E-state index in [1.165, 1.54) is 6.20 Å². The van der Waals surface area contributed by atoms with Crippen LogP contribution in [-0.4, -0.2) is 53.0 Å². The maximum absolute atomic E-state index is 13.3. The van der Waals surface area contributed by atoms with Crippen LogP contribution in [0.3, 0.4) is 0 Å². The predicted molar refractivity (Wildman–Crippen MR) is 162 cm³/mol. The summed E-state index contributed by atoms with van der Waals surface area (Å²) in [7, 11) is 0. The summed E-state index contributed by atoms with van der Waals surface area (Å²) in [6, 6.07) is 19.8. The molecule has 40 heavy (non-hydrogen) atoms. The molecule has 1 aliphatic rings. The van der Waals surface area contributed by atoms with Gasteiger partial charge in [-0.1, -0.05) is 18.2 Å². The zero-order chi connectivity index (χ0) is 28.1. The van der Waals surface area contributed by atoms with Crippen molar-refractivity contribution in [3.63, 3.8) is 0 Å². The number of hydrogen-bond acceptors (Lipinski definition) is 7. The number of H-pyrrole nitrogens is 1. The Morgan fingerprint density at radius 3 is 2.20 bits per heavy atom. The number of hydrogen-bond donors (Lipinski definition) is 4. The van der Waals surface area contributed by atoms with Gasteiger partial charge in [-0.25, -0.2) is 0 Å². The molecule has 0 atom stereocenters. The third-order valence-electron chi connectivity index (χ3n) is 7.26. The second-order valence-electron chi connectivity index (χ2n) is 10.2. The Kier molecular flexibility index (Phi) is 8.12. The Bertz CT molecular complexity index is 1510. The van der Waals surface area contributed by atoms with Crippen LogP contribution in [0.1, 0.15) is 29.8 Å². The number of benzene rings is 2. The highest BCUT2D eigenvalue weighted by Gasteiger charge is 2.20. The molecule has 5 rings (SSSR count). The first-order valence-electron chi connectivity index (χ1n) is 13.5. The minimum absolute atomic E-state index is 0.00259. The number of anilines is 6. The Morgan fingerprint density at radius 1 is 0.850 bits per heavy atom. The van der Waals surface area contributed by atoms with E-state index >= 15 is 0 Å². The molecule has 0 spiro atoms. The van der Waals surface area contributed by atoms with Gasteiger partial charge in [0, 0.05) is 55.5 Å². The van der Waals surface area contributed by atoms with Crippen molar-refractivity contribution in [2.75, 3.05) is 47.0 Å². The summed E-state index contributed by atoms with van der Waals surface area (Å²) in [5.74, 6) is -0.494. The van der Waals surface area contributed by atoms with E-state index in [0.717, 1.165) is 48.8 Å². The van der Waals surface area contributed by atoms with E-state index in [2.05, 4.69) is 49.6 Å². The zero-order valence-electron chi connectivity index (χ0n) is 23.1. The standard InChI is InChI=1S/C31H35N7O2/c1-21(2)37-15-17-38(18-16-37)25-11-9-24(10-12-25)35-31(40)29-26(13-14-33-30(29)39)36-28-20-32-19-27(22(28)3)34-23-7-5-4-6-8-23/h4-14,19-21,34H,15-18H2,1-3H3,(H,35,40)(H2,33,36,39). The van der Waals surface area contributed by atoms with Crippen molar-refractivity contribution in [1.29, 1.82) is 0 Å². The van der Waals surface area contributed by atoms with Gasteiger partial charge in [-0.15, -0.1) is 0 Å². The highest BCUT2D eigenvalue weighted by Crippen LogP contribution is 2.28. The molecule has 9 heteroatoms. The molecular formula is C31H35N7O2. The van der Waals surface area contributed by atoms with E-state index < -0.39 is 11.5 Å². The molecular weight excluding hydrogens is 502 g/mol. The number of para-hydroxylation sites is 1. The van der Waals surface area contributed by atoms with E-state index in [1.54, 1.807) is 18.5 Å². The third-order valence-corrected chi connectivity index (χ3v) is 7.26. The molecule has 1 saturated heterocycles. The monoisotopic (exact) mass is 537 g/mol. The molecule has 0 bridgehead atoms. The molecule has 0 saturated carbocycles. The normalized spacial score (nSPS) is 13.8. The molecule has 0 unspecified atom stereocenters. The van der Waals surface area contributed by atoms with E-state index in [1.807, 2.05) is 61.5 Å².